The number of hydrogen-bond donors (Lipinski definition) is 7. The van der Waals surface area contributed by atoms with Crippen molar-refractivity contribution in [1.82, 2.24) is 5.32 Å². The van der Waals surface area contributed by atoms with Crippen molar-refractivity contribution in [2.45, 2.75) is 24.4 Å². The van der Waals surface area contributed by atoms with Crippen molar-refractivity contribution >= 4 is 24.1 Å². The molecule has 0 saturated heterocycles. The average Bonchev–Trinajstić information content (AvgIpc) is 2.64. The molecule has 0 heterocycles. The second-order valence-corrected chi connectivity index (χ2v) is 4.83. The molecule has 0 aliphatic rings. The quantitative estimate of drug-likeness (QED) is 0.233. The van der Waals surface area contributed by atoms with Gasteiger partial charge < -0.3 is 40.8 Å². The number of carbonyl (C=O) groups is 4. The molecule has 0 bridgehead atoms. The number of benzene rings is 1. The summed E-state index contributed by atoms with van der Waals surface area (Å²) in [4.78, 5) is 41.3. The van der Waals surface area contributed by atoms with E-state index in [9.17, 15) is 19.2 Å². The Morgan fingerprint density at radius 1 is 0.962 bits per heavy atom. The molecule has 0 aliphatic heterocycles. The van der Waals surface area contributed by atoms with Crippen molar-refractivity contribution in [3.63, 3.8) is 0 Å². The first kappa shape index (κ1) is 23.1. The molecule has 1 aromatic rings. The van der Waals surface area contributed by atoms with Crippen LogP contribution in [0.15, 0.2) is 30.3 Å². The molecule has 0 fully saturated rings. The minimum atomic E-state index is -2.25. The lowest BCUT2D eigenvalue weighted by atomic mass is 10.0. The maximum Gasteiger partial charge on any atom is 0.335 e. The highest BCUT2D eigenvalue weighted by molar-refractivity contribution is 5.95. The van der Waals surface area contributed by atoms with Gasteiger partial charge in [-0.1, -0.05) is 18.2 Å². The van der Waals surface area contributed by atoms with E-state index in [-0.39, 0.29) is 18.7 Å². The number of aldehydes is 1. The van der Waals surface area contributed by atoms with E-state index >= 15 is 0 Å². The van der Waals surface area contributed by atoms with Gasteiger partial charge in [0, 0.05) is 5.56 Å². The second kappa shape index (κ2) is 11.7. The van der Waals surface area contributed by atoms with Crippen molar-refractivity contribution in [3.05, 3.63) is 35.9 Å². The molecule has 7 N–H and O–H groups in total. The van der Waals surface area contributed by atoms with Crippen LogP contribution >= 0.6 is 0 Å². The van der Waals surface area contributed by atoms with Crippen molar-refractivity contribution in [3.8, 4) is 0 Å². The number of aliphatic hydroxyl groups excluding tert-OH is 4. The van der Waals surface area contributed by atoms with Gasteiger partial charge >= 0.3 is 11.9 Å². The minimum absolute atomic E-state index is 0.0809. The normalized spacial score (nSPS) is 14.6. The SMILES string of the molecule is O=C(O)CNC(=O)c1ccccc1.O=C[C@H](O)[C@@H](O)[C@H](O)[C@H](O)C(=O)O. The van der Waals surface area contributed by atoms with E-state index in [1.54, 1.807) is 30.3 Å². The van der Waals surface area contributed by atoms with Gasteiger partial charge in [-0.25, -0.2) is 4.79 Å². The van der Waals surface area contributed by atoms with E-state index in [4.69, 9.17) is 30.6 Å². The maximum atomic E-state index is 11.2. The van der Waals surface area contributed by atoms with Gasteiger partial charge in [-0.15, -0.1) is 0 Å². The summed E-state index contributed by atoms with van der Waals surface area (Å²) in [5.41, 5.74) is 0.462. The zero-order chi connectivity index (χ0) is 20.3. The molecule has 1 amide bonds. The van der Waals surface area contributed by atoms with Crippen LogP contribution in [0.3, 0.4) is 0 Å². The molecule has 11 heteroatoms. The van der Waals surface area contributed by atoms with Crippen molar-refractivity contribution in [1.29, 1.82) is 0 Å². The zero-order valence-corrected chi connectivity index (χ0v) is 13.3. The highest BCUT2D eigenvalue weighted by Gasteiger charge is 2.34. The highest BCUT2D eigenvalue weighted by Crippen LogP contribution is 2.03. The number of hydrogen-bond acceptors (Lipinski definition) is 8. The third-order valence-electron chi connectivity index (χ3n) is 2.85. The molecule has 0 unspecified atom stereocenters. The molecule has 26 heavy (non-hydrogen) atoms. The lowest BCUT2D eigenvalue weighted by Gasteiger charge is -2.21. The minimum Gasteiger partial charge on any atom is -0.480 e. The van der Waals surface area contributed by atoms with Gasteiger partial charge in [-0.3, -0.25) is 9.59 Å². The van der Waals surface area contributed by atoms with Gasteiger partial charge in [0.15, 0.2) is 12.4 Å². The first-order valence-corrected chi connectivity index (χ1v) is 7.07. The van der Waals surface area contributed by atoms with Gasteiger partial charge in [-0.2, -0.15) is 0 Å². The topological polar surface area (TPSA) is 202 Å². The van der Waals surface area contributed by atoms with Crippen molar-refractivity contribution in [2.24, 2.45) is 0 Å². The van der Waals surface area contributed by atoms with Crippen LogP contribution in [-0.2, 0) is 14.4 Å². The summed E-state index contributed by atoms with van der Waals surface area (Å²) in [6.45, 7) is -0.353. The molecule has 0 radical (unpaired) electrons. The van der Waals surface area contributed by atoms with E-state index in [0.717, 1.165) is 0 Å². The molecule has 11 nitrogen and oxygen atoms in total. The number of carbonyl (C=O) groups excluding carboxylic acids is 2. The molecule has 1 aromatic carbocycles. The summed E-state index contributed by atoms with van der Waals surface area (Å²) in [5.74, 6) is -3.18. The number of nitrogens with one attached hydrogen (secondary N) is 1. The Morgan fingerprint density at radius 2 is 1.50 bits per heavy atom. The van der Waals surface area contributed by atoms with E-state index < -0.39 is 36.4 Å². The lowest BCUT2D eigenvalue weighted by molar-refractivity contribution is -0.163. The number of carboxylic acid groups (broad SMARTS) is 2. The number of aliphatic carboxylic acids is 2. The van der Waals surface area contributed by atoms with Crippen LogP contribution in [-0.4, -0.2) is 85.7 Å². The van der Waals surface area contributed by atoms with E-state index in [1.807, 2.05) is 0 Å². The molecular weight excluding hydrogens is 354 g/mol. The average molecular weight is 373 g/mol. The molecule has 0 spiro atoms. The predicted octanol–water partition coefficient (Wildman–Crippen LogP) is -2.79. The fourth-order valence-corrected chi connectivity index (χ4v) is 1.46. The van der Waals surface area contributed by atoms with Gasteiger partial charge in [0.25, 0.3) is 5.91 Å². The van der Waals surface area contributed by atoms with E-state index in [2.05, 4.69) is 5.32 Å². The number of aliphatic hydroxyl groups is 4. The van der Waals surface area contributed by atoms with Crippen molar-refractivity contribution < 1.29 is 49.8 Å². The van der Waals surface area contributed by atoms with Gasteiger partial charge in [-0.05, 0) is 12.1 Å². The Hall–Kier alpha value is -2.86. The third-order valence-corrected chi connectivity index (χ3v) is 2.85. The number of amides is 1. The summed E-state index contributed by atoms with van der Waals surface area (Å²) >= 11 is 0. The van der Waals surface area contributed by atoms with Gasteiger partial charge in [0.05, 0.1) is 0 Å². The smallest absolute Gasteiger partial charge is 0.335 e. The summed E-state index contributed by atoms with van der Waals surface area (Å²) in [5, 5.41) is 53.7. The molecular formula is C15H19NO10. The van der Waals surface area contributed by atoms with Crippen LogP contribution in [0, 0.1) is 0 Å². The first-order valence-electron chi connectivity index (χ1n) is 7.07. The predicted molar refractivity (Wildman–Crippen MR) is 84.1 cm³/mol. The van der Waals surface area contributed by atoms with Crippen LogP contribution in [0.1, 0.15) is 10.4 Å². The van der Waals surface area contributed by atoms with E-state index in [1.165, 1.54) is 0 Å². The largest absolute Gasteiger partial charge is 0.480 e. The van der Waals surface area contributed by atoms with Crippen LogP contribution in [0.2, 0.25) is 0 Å². The molecule has 144 valence electrons. The summed E-state index contributed by atoms with van der Waals surface area (Å²) < 4.78 is 0. The molecule has 0 saturated carbocycles. The Morgan fingerprint density at radius 3 is 1.92 bits per heavy atom. The fraction of sp³-hybridized carbons (Fsp3) is 0.333. The summed E-state index contributed by atoms with van der Waals surface area (Å²) in [7, 11) is 0. The lowest BCUT2D eigenvalue weighted by Crippen LogP contribution is -2.48. The van der Waals surface area contributed by atoms with E-state index in [0.29, 0.717) is 5.56 Å². The molecule has 0 aromatic heterocycles. The maximum absolute atomic E-state index is 11.2. The Bertz CT molecular complexity index is 606. The Balaban J connectivity index is 0.000000481. The van der Waals surface area contributed by atoms with Crippen molar-refractivity contribution in [2.75, 3.05) is 6.54 Å². The van der Waals surface area contributed by atoms with Gasteiger partial charge in [0.2, 0.25) is 0 Å². The first-order chi connectivity index (χ1) is 12.1. The Kier molecular flexibility index (Phi) is 10.4. The van der Waals surface area contributed by atoms with Crippen LogP contribution < -0.4 is 5.32 Å². The van der Waals surface area contributed by atoms with Crippen LogP contribution in [0.5, 0.6) is 0 Å². The third kappa shape index (κ3) is 8.30. The molecule has 0 aliphatic carbocycles. The van der Waals surface area contributed by atoms with Crippen LogP contribution in [0.4, 0.5) is 0 Å². The zero-order valence-electron chi connectivity index (χ0n) is 13.3. The number of carboxylic acids is 2. The highest BCUT2D eigenvalue weighted by atomic mass is 16.4. The summed E-state index contributed by atoms with van der Waals surface area (Å²) in [6, 6.07) is 8.47. The molecule has 1 rings (SSSR count). The monoisotopic (exact) mass is 373 g/mol. The Labute approximate surface area is 147 Å². The summed E-state index contributed by atoms with van der Waals surface area (Å²) in [6.07, 6.45) is -8.39. The standard InChI is InChI=1S/C9H9NO3.C6H10O7/c11-8(12)6-10-9(13)7-4-2-1-3-5-7;7-1-2(8)3(9)4(10)5(11)6(12)13/h1-5H,6H2,(H,10,13)(H,11,12);1-5,8-11H,(H,12,13)/t;2-,3+,4-,5-/m.0/s1. The van der Waals surface area contributed by atoms with Crippen LogP contribution in [0.25, 0.3) is 0 Å². The second-order valence-electron chi connectivity index (χ2n) is 4.83. The molecule has 4 atom stereocenters. The number of rotatable bonds is 8. The van der Waals surface area contributed by atoms with Gasteiger partial charge in [0.1, 0.15) is 24.9 Å². The fourth-order valence-electron chi connectivity index (χ4n) is 1.46.